The molecule has 1 aliphatic carbocycles. The number of hydrogen-bond acceptors (Lipinski definition) is 2. The molecule has 1 fully saturated rings. The molecule has 3 atom stereocenters. The van der Waals surface area contributed by atoms with E-state index in [1.807, 2.05) is 11.7 Å². The Morgan fingerprint density at radius 1 is 1.43 bits per heavy atom. The molecule has 1 aliphatic rings. The third-order valence-electron chi connectivity index (χ3n) is 5.20. The first-order valence-electron chi connectivity index (χ1n) is 8.29. The minimum Gasteiger partial charge on any atom is -0.314 e. The molecule has 1 N–H and O–H groups in total. The highest BCUT2D eigenvalue weighted by Gasteiger charge is 2.42. The Balaban J connectivity index is 2.27. The van der Waals surface area contributed by atoms with Gasteiger partial charge in [0.2, 0.25) is 0 Å². The van der Waals surface area contributed by atoms with Gasteiger partial charge in [0.25, 0.3) is 0 Å². The zero-order chi connectivity index (χ0) is 15.6. The molecule has 2 rings (SSSR count). The number of aryl methyl sites for hydroxylation is 1. The van der Waals surface area contributed by atoms with Gasteiger partial charge in [-0.05, 0) is 37.6 Å². The van der Waals surface area contributed by atoms with E-state index in [4.69, 9.17) is 11.6 Å². The molecule has 0 aromatic carbocycles. The van der Waals surface area contributed by atoms with E-state index in [1.54, 1.807) is 6.20 Å². The molecule has 120 valence electrons. The van der Waals surface area contributed by atoms with Crippen molar-refractivity contribution in [2.24, 2.45) is 18.9 Å². The summed E-state index contributed by atoms with van der Waals surface area (Å²) in [5.41, 5.74) is 1.21. The van der Waals surface area contributed by atoms with Crippen molar-refractivity contribution in [2.45, 2.75) is 64.8 Å². The van der Waals surface area contributed by atoms with E-state index < -0.39 is 0 Å². The number of nitrogens with one attached hydrogen (secondary N) is 1. The van der Waals surface area contributed by atoms with Crippen molar-refractivity contribution in [3.63, 3.8) is 0 Å². The zero-order valence-corrected chi connectivity index (χ0v) is 14.9. The van der Waals surface area contributed by atoms with Crippen LogP contribution in [0.15, 0.2) is 6.20 Å². The number of halogens is 1. The van der Waals surface area contributed by atoms with Crippen molar-refractivity contribution in [3.05, 3.63) is 16.9 Å². The Morgan fingerprint density at radius 3 is 2.71 bits per heavy atom. The molecule has 0 radical (unpaired) electrons. The maximum atomic E-state index is 6.43. The fourth-order valence-electron chi connectivity index (χ4n) is 4.11. The van der Waals surface area contributed by atoms with Crippen LogP contribution in [0, 0.1) is 11.8 Å². The Morgan fingerprint density at radius 2 is 2.14 bits per heavy atom. The monoisotopic (exact) mass is 311 g/mol. The van der Waals surface area contributed by atoms with Gasteiger partial charge < -0.3 is 5.32 Å². The Hall–Kier alpha value is -0.540. The molecule has 0 spiro atoms. The van der Waals surface area contributed by atoms with Crippen molar-refractivity contribution in [1.82, 2.24) is 15.1 Å². The van der Waals surface area contributed by atoms with Crippen LogP contribution in [0.4, 0.5) is 0 Å². The molecule has 0 saturated heterocycles. The van der Waals surface area contributed by atoms with Gasteiger partial charge in [-0.1, -0.05) is 45.7 Å². The van der Waals surface area contributed by atoms with Crippen LogP contribution in [-0.2, 0) is 12.5 Å². The summed E-state index contributed by atoms with van der Waals surface area (Å²) in [5, 5.41) is 8.93. The van der Waals surface area contributed by atoms with E-state index in [1.165, 1.54) is 31.4 Å². The number of aromatic nitrogens is 2. The molecule has 1 aromatic rings. The van der Waals surface area contributed by atoms with Crippen molar-refractivity contribution in [2.75, 3.05) is 6.54 Å². The first-order valence-corrected chi connectivity index (χ1v) is 8.67. The van der Waals surface area contributed by atoms with Crippen molar-refractivity contribution in [3.8, 4) is 0 Å². The lowest BCUT2D eigenvalue weighted by atomic mass is 9.65. The molecule has 3 nitrogen and oxygen atoms in total. The maximum absolute atomic E-state index is 6.43. The molecule has 3 unspecified atom stereocenters. The van der Waals surface area contributed by atoms with E-state index in [0.717, 1.165) is 17.5 Å². The molecule has 0 bridgehead atoms. The van der Waals surface area contributed by atoms with Crippen molar-refractivity contribution >= 4 is 11.6 Å². The minimum atomic E-state index is 0.0356. The van der Waals surface area contributed by atoms with E-state index in [2.05, 4.69) is 38.1 Å². The van der Waals surface area contributed by atoms with Crippen LogP contribution < -0.4 is 5.32 Å². The molecule has 1 heterocycles. The summed E-state index contributed by atoms with van der Waals surface area (Å²) in [6.07, 6.45) is 6.80. The van der Waals surface area contributed by atoms with Crippen LogP contribution in [-0.4, -0.2) is 22.4 Å². The molecular weight excluding hydrogens is 282 g/mol. The van der Waals surface area contributed by atoms with Crippen LogP contribution in [0.25, 0.3) is 0 Å². The molecule has 1 aromatic heterocycles. The predicted molar refractivity (Wildman–Crippen MR) is 89.8 cm³/mol. The van der Waals surface area contributed by atoms with E-state index >= 15 is 0 Å². The minimum absolute atomic E-state index is 0.0356. The summed E-state index contributed by atoms with van der Waals surface area (Å²) in [6, 6.07) is 0.578. The van der Waals surface area contributed by atoms with Gasteiger partial charge in [0.1, 0.15) is 0 Å². The molecule has 0 amide bonds. The summed E-state index contributed by atoms with van der Waals surface area (Å²) in [7, 11) is 2.00. The molecule has 21 heavy (non-hydrogen) atoms. The first-order chi connectivity index (χ1) is 9.87. The summed E-state index contributed by atoms with van der Waals surface area (Å²) in [5.74, 6) is 1.42. The maximum Gasteiger partial charge on any atom is 0.0823 e. The number of hydrogen-bond donors (Lipinski definition) is 1. The number of nitrogens with zero attached hydrogens (tertiary/aromatic N) is 2. The standard InChI is InChI=1S/C17H30ClN3/c1-6-9-19-15-10-12(2)7-8-13(15)17(3,4)16-14(18)11-20-21(16)5/h11-13,15,19H,6-10H2,1-5H3. The van der Waals surface area contributed by atoms with Gasteiger partial charge in [-0.3, -0.25) is 4.68 Å². The summed E-state index contributed by atoms with van der Waals surface area (Å²) >= 11 is 6.43. The van der Waals surface area contributed by atoms with Crippen LogP contribution in [0.2, 0.25) is 5.02 Å². The van der Waals surface area contributed by atoms with E-state index in [-0.39, 0.29) is 5.41 Å². The third-order valence-corrected chi connectivity index (χ3v) is 5.48. The Kier molecular flexibility index (Phi) is 5.37. The third kappa shape index (κ3) is 3.45. The van der Waals surface area contributed by atoms with Gasteiger partial charge in [-0.25, -0.2) is 0 Å². The highest BCUT2D eigenvalue weighted by atomic mass is 35.5. The molecular formula is C17H30ClN3. The van der Waals surface area contributed by atoms with Gasteiger partial charge >= 0.3 is 0 Å². The molecule has 0 aliphatic heterocycles. The lowest BCUT2D eigenvalue weighted by Gasteiger charge is -2.44. The van der Waals surface area contributed by atoms with Gasteiger partial charge in [0, 0.05) is 18.5 Å². The molecule has 4 heteroatoms. The lowest BCUT2D eigenvalue weighted by molar-refractivity contribution is 0.140. The second-order valence-corrected chi connectivity index (χ2v) is 7.68. The average molecular weight is 312 g/mol. The van der Waals surface area contributed by atoms with Crippen LogP contribution in [0.1, 0.15) is 59.1 Å². The number of rotatable bonds is 5. The van der Waals surface area contributed by atoms with E-state index in [9.17, 15) is 0 Å². The summed E-state index contributed by atoms with van der Waals surface area (Å²) in [4.78, 5) is 0. The summed E-state index contributed by atoms with van der Waals surface area (Å²) < 4.78 is 1.96. The predicted octanol–water partition coefficient (Wildman–Crippen LogP) is 4.16. The topological polar surface area (TPSA) is 29.9 Å². The second-order valence-electron chi connectivity index (χ2n) is 7.27. The average Bonchev–Trinajstić information content (AvgIpc) is 2.76. The second kappa shape index (κ2) is 6.70. The largest absolute Gasteiger partial charge is 0.314 e. The van der Waals surface area contributed by atoms with Gasteiger partial charge in [0.15, 0.2) is 0 Å². The Labute approximate surface area is 134 Å². The lowest BCUT2D eigenvalue weighted by Crippen LogP contribution is -2.49. The normalized spacial score (nSPS) is 27.0. The SMILES string of the molecule is CCCNC1CC(C)CCC1C(C)(C)c1c(Cl)cnn1C. The van der Waals surface area contributed by atoms with E-state index in [0.29, 0.717) is 12.0 Å². The highest BCUT2D eigenvalue weighted by molar-refractivity contribution is 6.31. The van der Waals surface area contributed by atoms with Gasteiger partial charge in [-0.15, -0.1) is 0 Å². The van der Waals surface area contributed by atoms with Crippen LogP contribution in [0.5, 0.6) is 0 Å². The zero-order valence-electron chi connectivity index (χ0n) is 14.1. The van der Waals surface area contributed by atoms with Crippen LogP contribution in [0.3, 0.4) is 0 Å². The molecule has 1 saturated carbocycles. The smallest absolute Gasteiger partial charge is 0.0823 e. The van der Waals surface area contributed by atoms with Crippen molar-refractivity contribution < 1.29 is 0 Å². The van der Waals surface area contributed by atoms with Crippen LogP contribution >= 0.6 is 11.6 Å². The fourth-order valence-corrected chi connectivity index (χ4v) is 4.52. The Bertz CT molecular complexity index is 447. The van der Waals surface area contributed by atoms with Gasteiger partial charge in [-0.2, -0.15) is 5.10 Å². The van der Waals surface area contributed by atoms with Gasteiger partial charge in [0.05, 0.1) is 16.9 Å². The van der Waals surface area contributed by atoms with Crippen molar-refractivity contribution in [1.29, 1.82) is 0 Å². The first kappa shape index (κ1) is 16.8. The summed E-state index contributed by atoms with van der Waals surface area (Å²) in [6.45, 7) is 10.4. The quantitative estimate of drug-likeness (QED) is 0.885. The highest BCUT2D eigenvalue weighted by Crippen LogP contribution is 2.44. The fraction of sp³-hybridized carbons (Fsp3) is 0.824.